The van der Waals surface area contributed by atoms with E-state index < -0.39 is 0 Å². The van der Waals surface area contributed by atoms with Crippen molar-refractivity contribution in [2.45, 2.75) is 83.8 Å². The predicted octanol–water partition coefficient (Wildman–Crippen LogP) is 3.43. The molecule has 124 valence electrons. The molecule has 0 aromatic rings. The molecule has 3 heteroatoms. The molecule has 2 unspecified atom stereocenters. The first-order chi connectivity index (χ1) is 10.2. The first-order valence-electron chi connectivity index (χ1n) is 9.29. The zero-order valence-corrected chi connectivity index (χ0v) is 14.4. The maximum atomic E-state index is 5.86. The van der Waals surface area contributed by atoms with Crippen molar-refractivity contribution >= 4 is 0 Å². The fourth-order valence-electron chi connectivity index (χ4n) is 3.88. The summed E-state index contributed by atoms with van der Waals surface area (Å²) in [4.78, 5) is 2.82. The monoisotopic (exact) mass is 296 g/mol. The van der Waals surface area contributed by atoms with Crippen LogP contribution in [-0.2, 0) is 4.74 Å². The minimum atomic E-state index is 0.590. The molecule has 0 aromatic carbocycles. The number of nitrogens with one attached hydrogen (secondary N) is 1. The molecule has 1 aliphatic carbocycles. The summed E-state index contributed by atoms with van der Waals surface area (Å²) >= 11 is 0. The molecule has 2 atom stereocenters. The van der Waals surface area contributed by atoms with Crippen LogP contribution in [0.1, 0.15) is 65.7 Å². The van der Waals surface area contributed by atoms with E-state index >= 15 is 0 Å². The highest BCUT2D eigenvalue weighted by molar-refractivity contribution is 4.92. The lowest BCUT2D eigenvalue weighted by Gasteiger charge is -2.43. The maximum Gasteiger partial charge on any atom is 0.0637 e. The van der Waals surface area contributed by atoms with Gasteiger partial charge in [-0.05, 0) is 51.1 Å². The highest BCUT2D eigenvalue weighted by Crippen LogP contribution is 2.28. The van der Waals surface area contributed by atoms with Crippen molar-refractivity contribution in [3.8, 4) is 0 Å². The Labute approximate surface area is 131 Å². The van der Waals surface area contributed by atoms with Gasteiger partial charge in [0.25, 0.3) is 0 Å². The van der Waals surface area contributed by atoms with Crippen molar-refractivity contribution in [1.82, 2.24) is 10.2 Å². The van der Waals surface area contributed by atoms with E-state index in [1.165, 1.54) is 51.5 Å². The van der Waals surface area contributed by atoms with Crippen LogP contribution in [0.4, 0.5) is 0 Å². The quantitative estimate of drug-likeness (QED) is 0.742. The molecule has 1 saturated heterocycles. The number of nitrogens with zero attached hydrogens (tertiary/aromatic N) is 1. The van der Waals surface area contributed by atoms with Gasteiger partial charge >= 0.3 is 0 Å². The van der Waals surface area contributed by atoms with Crippen LogP contribution in [0.5, 0.6) is 0 Å². The Bertz CT molecular complexity index is 276. The molecule has 2 aliphatic rings. The van der Waals surface area contributed by atoms with Crippen LogP contribution in [-0.4, -0.2) is 49.3 Å². The second-order valence-electron chi connectivity index (χ2n) is 7.35. The Balaban J connectivity index is 2.00. The molecule has 1 heterocycles. The normalized spacial score (nSPS) is 27.9. The Hall–Kier alpha value is -0.120. The van der Waals surface area contributed by atoms with Crippen LogP contribution < -0.4 is 5.32 Å². The van der Waals surface area contributed by atoms with Crippen LogP contribution in [0.3, 0.4) is 0 Å². The van der Waals surface area contributed by atoms with E-state index in [9.17, 15) is 0 Å². The maximum absolute atomic E-state index is 5.86. The molecule has 0 aromatic heterocycles. The molecule has 2 rings (SSSR count). The van der Waals surface area contributed by atoms with Gasteiger partial charge < -0.3 is 10.1 Å². The largest absolute Gasteiger partial charge is 0.380 e. The minimum Gasteiger partial charge on any atom is -0.380 e. The summed E-state index contributed by atoms with van der Waals surface area (Å²) in [6.45, 7) is 11.2. The molecule has 21 heavy (non-hydrogen) atoms. The molecule has 1 saturated carbocycles. The summed E-state index contributed by atoms with van der Waals surface area (Å²) in [6, 6.07) is 2.03. The molecule has 1 N–H and O–H groups in total. The second kappa shape index (κ2) is 9.12. The van der Waals surface area contributed by atoms with Gasteiger partial charge in [0.2, 0.25) is 0 Å². The van der Waals surface area contributed by atoms with Gasteiger partial charge in [0.1, 0.15) is 0 Å². The number of ether oxygens (including phenoxy) is 1. The van der Waals surface area contributed by atoms with E-state index in [0.717, 1.165) is 31.7 Å². The summed E-state index contributed by atoms with van der Waals surface area (Å²) < 4.78 is 5.86. The van der Waals surface area contributed by atoms with E-state index in [-0.39, 0.29) is 0 Å². The highest BCUT2D eigenvalue weighted by Gasteiger charge is 2.35. The van der Waals surface area contributed by atoms with Gasteiger partial charge in [-0.2, -0.15) is 0 Å². The fraction of sp³-hybridized carbons (Fsp3) is 1.00. The third-order valence-corrected chi connectivity index (χ3v) is 5.17. The summed E-state index contributed by atoms with van der Waals surface area (Å²) in [5.74, 6) is 0.792. The fourth-order valence-corrected chi connectivity index (χ4v) is 3.88. The number of hydrogen-bond acceptors (Lipinski definition) is 3. The first-order valence-corrected chi connectivity index (χ1v) is 9.29. The van der Waals surface area contributed by atoms with E-state index in [0.29, 0.717) is 12.1 Å². The van der Waals surface area contributed by atoms with Crippen molar-refractivity contribution in [3.05, 3.63) is 0 Å². The van der Waals surface area contributed by atoms with Gasteiger partial charge in [-0.1, -0.05) is 33.6 Å². The van der Waals surface area contributed by atoms with Crippen molar-refractivity contribution in [1.29, 1.82) is 0 Å². The van der Waals surface area contributed by atoms with Crippen molar-refractivity contribution in [2.75, 3.05) is 26.3 Å². The third kappa shape index (κ3) is 5.22. The van der Waals surface area contributed by atoms with Crippen LogP contribution >= 0.6 is 0 Å². The molecule has 0 amide bonds. The summed E-state index contributed by atoms with van der Waals surface area (Å²) in [7, 11) is 0. The molecular weight excluding hydrogens is 260 g/mol. The van der Waals surface area contributed by atoms with Gasteiger partial charge in [0.05, 0.1) is 6.61 Å². The van der Waals surface area contributed by atoms with Crippen LogP contribution in [0.15, 0.2) is 0 Å². The van der Waals surface area contributed by atoms with E-state index in [1.807, 2.05) is 0 Å². The van der Waals surface area contributed by atoms with Crippen molar-refractivity contribution < 1.29 is 4.74 Å². The topological polar surface area (TPSA) is 24.5 Å². The van der Waals surface area contributed by atoms with Gasteiger partial charge in [0, 0.05) is 24.7 Å². The third-order valence-electron chi connectivity index (χ3n) is 5.17. The Kier molecular flexibility index (Phi) is 7.48. The lowest BCUT2D eigenvalue weighted by Crippen LogP contribution is -2.58. The van der Waals surface area contributed by atoms with Gasteiger partial charge in [-0.15, -0.1) is 0 Å². The molecule has 1 aliphatic heterocycles. The lowest BCUT2D eigenvalue weighted by molar-refractivity contribution is -0.0205. The SMILES string of the molecule is CCCNC1CCOCC1N(CCC(C)C)C1CCCC1. The van der Waals surface area contributed by atoms with Gasteiger partial charge in [-0.25, -0.2) is 0 Å². The molecular formula is C18H36N2O. The predicted molar refractivity (Wildman–Crippen MR) is 89.7 cm³/mol. The lowest BCUT2D eigenvalue weighted by atomic mass is 9.97. The van der Waals surface area contributed by atoms with Crippen LogP contribution in [0, 0.1) is 5.92 Å². The Morgan fingerprint density at radius 2 is 1.95 bits per heavy atom. The van der Waals surface area contributed by atoms with Crippen molar-refractivity contribution in [3.63, 3.8) is 0 Å². The standard InChI is InChI=1S/C18H36N2O/c1-4-11-19-17-10-13-21-14-18(17)20(12-9-15(2)3)16-7-5-6-8-16/h15-19H,4-14H2,1-3H3. The van der Waals surface area contributed by atoms with Gasteiger partial charge in [0.15, 0.2) is 0 Å². The summed E-state index contributed by atoms with van der Waals surface area (Å²) in [5.41, 5.74) is 0. The molecule has 3 nitrogen and oxygen atoms in total. The molecule has 0 spiro atoms. The van der Waals surface area contributed by atoms with Crippen LogP contribution in [0.2, 0.25) is 0 Å². The Morgan fingerprint density at radius 1 is 1.19 bits per heavy atom. The molecule has 2 fully saturated rings. The number of rotatable bonds is 8. The van der Waals surface area contributed by atoms with E-state index in [2.05, 4.69) is 31.0 Å². The molecule has 0 bridgehead atoms. The highest BCUT2D eigenvalue weighted by atomic mass is 16.5. The van der Waals surface area contributed by atoms with E-state index in [1.54, 1.807) is 0 Å². The first kappa shape index (κ1) is 17.2. The van der Waals surface area contributed by atoms with Gasteiger partial charge in [-0.3, -0.25) is 4.90 Å². The average Bonchev–Trinajstić information content (AvgIpc) is 3.00. The zero-order valence-electron chi connectivity index (χ0n) is 14.4. The smallest absolute Gasteiger partial charge is 0.0637 e. The zero-order chi connectivity index (χ0) is 15.1. The Morgan fingerprint density at radius 3 is 2.62 bits per heavy atom. The minimum absolute atomic E-state index is 0.590. The van der Waals surface area contributed by atoms with Crippen LogP contribution in [0.25, 0.3) is 0 Å². The van der Waals surface area contributed by atoms with Crippen molar-refractivity contribution in [2.24, 2.45) is 5.92 Å². The average molecular weight is 296 g/mol. The molecule has 0 radical (unpaired) electrons. The number of hydrogen-bond donors (Lipinski definition) is 1. The van der Waals surface area contributed by atoms with E-state index in [4.69, 9.17) is 4.74 Å². The second-order valence-corrected chi connectivity index (χ2v) is 7.35. The summed E-state index contributed by atoms with van der Waals surface area (Å²) in [6.07, 6.45) is 9.35. The summed E-state index contributed by atoms with van der Waals surface area (Å²) in [5, 5.41) is 3.79.